The van der Waals surface area contributed by atoms with Gasteiger partial charge in [0.2, 0.25) is 16.0 Å². The van der Waals surface area contributed by atoms with Crippen LogP contribution in [0.1, 0.15) is 0 Å². The summed E-state index contributed by atoms with van der Waals surface area (Å²) in [4.78, 5) is 3.78. The van der Waals surface area contributed by atoms with Crippen molar-refractivity contribution in [2.45, 2.75) is 4.90 Å². The van der Waals surface area contributed by atoms with Gasteiger partial charge in [0.15, 0.2) is 11.9 Å². The van der Waals surface area contributed by atoms with E-state index in [1.54, 1.807) is 36.2 Å². The van der Waals surface area contributed by atoms with E-state index in [1.165, 1.54) is 16.4 Å². The van der Waals surface area contributed by atoms with Crippen LogP contribution in [0.2, 0.25) is 15.1 Å². The third-order valence-corrected chi connectivity index (χ3v) is 8.39. The van der Waals surface area contributed by atoms with Crippen LogP contribution in [-0.4, -0.2) is 48.4 Å². The number of phenolic OH excluding ortho intramolecular Hbond substituents is 1. The number of halogens is 3. The van der Waals surface area contributed by atoms with Gasteiger partial charge < -0.3 is 10.4 Å². The Hall–Kier alpha value is -1.87. The highest BCUT2D eigenvalue weighted by molar-refractivity contribution is 7.99. The Morgan fingerprint density at radius 2 is 1.87 bits per heavy atom. The molecule has 1 heterocycles. The van der Waals surface area contributed by atoms with Crippen molar-refractivity contribution < 1.29 is 13.5 Å². The number of phenols is 1. The number of aromatic hydroxyl groups is 1. The monoisotopic (exact) mass is 519 g/mol. The minimum atomic E-state index is -4.03. The summed E-state index contributed by atoms with van der Waals surface area (Å²) in [6.07, 6.45) is 1.71. The van der Waals surface area contributed by atoms with Gasteiger partial charge in [-0.3, -0.25) is 5.32 Å². The summed E-state index contributed by atoms with van der Waals surface area (Å²) in [5.41, 5.74) is 0.237. The molecule has 1 saturated heterocycles. The van der Waals surface area contributed by atoms with Crippen LogP contribution in [0.25, 0.3) is 0 Å². The molecule has 0 atom stereocenters. The highest BCUT2D eigenvalue weighted by Crippen LogP contribution is 2.39. The number of hydrogen-bond acceptors (Lipinski definition) is 6. The Morgan fingerprint density at radius 1 is 1.16 bits per heavy atom. The zero-order valence-electron chi connectivity index (χ0n) is 15.8. The number of nitriles is 1. The second-order valence-corrected chi connectivity index (χ2v) is 10.5. The van der Waals surface area contributed by atoms with E-state index in [0.717, 1.165) is 0 Å². The van der Waals surface area contributed by atoms with E-state index < -0.39 is 20.7 Å². The molecule has 2 aromatic rings. The van der Waals surface area contributed by atoms with Crippen LogP contribution in [0.4, 0.5) is 11.4 Å². The highest BCUT2D eigenvalue weighted by Gasteiger charge is 2.32. The van der Waals surface area contributed by atoms with Gasteiger partial charge >= 0.3 is 0 Å². The number of hydrogen-bond donors (Lipinski definition) is 3. The van der Waals surface area contributed by atoms with Crippen LogP contribution < -0.4 is 10.6 Å². The van der Waals surface area contributed by atoms with E-state index >= 15 is 0 Å². The maximum Gasteiger partial charge on any atom is 0.248 e. The summed E-state index contributed by atoms with van der Waals surface area (Å²) >= 11 is 19.9. The summed E-state index contributed by atoms with van der Waals surface area (Å²) in [6, 6.07) is 7.48. The van der Waals surface area contributed by atoms with Gasteiger partial charge in [0, 0.05) is 24.6 Å². The van der Waals surface area contributed by atoms with E-state index in [2.05, 4.69) is 15.6 Å². The summed E-state index contributed by atoms with van der Waals surface area (Å²) in [5.74, 6) is 0.606. The first-order chi connectivity index (χ1) is 14.8. The van der Waals surface area contributed by atoms with Gasteiger partial charge in [0.25, 0.3) is 0 Å². The number of nitrogens with zero attached hydrogens (tertiary/aromatic N) is 3. The summed E-state index contributed by atoms with van der Waals surface area (Å²) in [5, 5.41) is 25.1. The van der Waals surface area contributed by atoms with E-state index in [4.69, 9.17) is 40.1 Å². The SMILES string of the molecule is N#CNC(=Nc1cccc(Cl)c1Cl)Nc1ccc(Cl)c(S(=O)(=O)N2CCSCC2)c1O. The second-order valence-electron chi connectivity index (χ2n) is 6.18. The zero-order valence-corrected chi connectivity index (χ0v) is 19.7. The number of nitrogens with one attached hydrogen (secondary N) is 2. The fourth-order valence-corrected chi connectivity index (χ4v) is 6.28. The largest absolute Gasteiger partial charge is 0.504 e. The summed E-state index contributed by atoms with van der Waals surface area (Å²) in [7, 11) is -4.03. The molecule has 0 saturated carbocycles. The molecule has 0 aromatic heterocycles. The van der Waals surface area contributed by atoms with Crippen molar-refractivity contribution in [2.75, 3.05) is 29.9 Å². The molecule has 0 radical (unpaired) electrons. The van der Waals surface area contributed by atoms with E-state index in [0.29, 0.717) is 24.6 Å². The van der Waals surface area contributed by atoms with Crippen molar-refractivity contribution in [3.8, 4) is 11.9 Å². The molecule has 3 rings (SSSR count). The molecule has 0 aliphatic carbocycles. The predicted octanol–water partition coefficient (Wildman–Crippen LogP) is 4.26. The average molecular weight is 521 g/mol. The molecule has 8 nitrogen and oxygen atoms in total. The summed E-state index contributed by atoms with van der Waals surface area (Å²) in [6.45, 7) is 0.632. The molecule has 0 bridgehead atoms. The van der Waals surface area contributed by atoms with Crippen LogP contribution in [0.5, 0.6) is 5.75 Å². The molecule has 1 aliphatic rings. The van der Waals surface area contributed by atoms with Crippen LogP contribution in [0.15, 0.2) is 40.2 Å². The Labute approximate surface area is 198 Å². The van der Waals surface area contributed by atoms with Crippen molar-refractivity contribution >= 4 is 73.9 Å². The number of anilines is 1. The lowest BCUT2D eigenvalue weighted by Crippen LogP contribution is -2.38. The first-order valence-corrected chi connectivity index (χ1v) is 12.5. The van der Waals surface area contributed by atoms with Gasteiger partial charge in [-0.1, -0.05) is 40.9 Å². The van der Waals surface area contributed by atoms with Crippen molar-refractivity contribution in [2.24, 2.45) is 4.99 Å². The Balaban J connectivity index is 2.01. The van der Waals surface area contributed by atoms with Gasteiger partial charge in [-0.2, -0.15) is 21.3 Å². The van der Waals surface area contributed by atoms with E-state index in [-0.39, 0.29) is 32.4 Å². The van der Waals surface area contributed by atoms with Crippen molar-refractivity contribution in [3.63, 3.8) is 0 Å². The molecular formula is C18H16Cl3N5O3S2. The van der Waals surface area contributed by atoms with Crippen molar-refractivity contribution in [1.82, 2.24) is 9.62 Å². The van der Waals surface area contributed by atoms with Crippen LogP contribution in [-0.2, 0) is 10.0 Å². The summed E-state index contributed by atoms with van der Waals surface area (Å²) < 4.78 is 27.4. The number of benzene rings is 2. The van der Waals surface area contributed by atoms with Crippen molar-refractivity contribution in [3.05, 3.63) is 45.4 Å². The Kier molecular flexibility index (Phi) is 7.80. The fraction of sp³-hybridized carbons (Fsp3) is 0.222. The molecule has 1 aliphatic heterocycles. The maximum atomic E-state index is 13.1. The molecular weight excluding hydrogens is 505 g/mol. The minimum Gasteiger partial charge on any atom is -0.504 e. The fourth-order valence-electron chi connectivity index (χ4n) is 2.78. The van der Waals surface area contributed by atoms with Crippen LogP contribution in [0.3, 0.4) is 0 Å². The number of aliphatic imine (C=N–C) groups is 1. The van der Waals surface area contributed by atoms with Gasteiger partial charge in [-0.25, -0.2) is 13.4 Å². The number of rotatable bonds is 4. The molecule has 31 heavy (non-hydrogen) atoms. The predicted molar refractivity (Wildman–Crippen MR) is 125 cm³/mol. The third-order valence-electron chi connectivity index (χ3n) is 4.24. The Bertz CT molecular complexity index is 1160. The van der Waals surface area contributed by atoms with Crippen LogP contribution >= 0.6 is 46.6 Å². The Morgan fingerprint density at radius 3 is 2.55 bits per heavy atom. The van der Waals surface area contributed by atoms with Gasteiger partial charge in [0.1, 0.15) is 4.90 Å². The van der Waals surface area contributed by atoms with Gasteiger partial charge in [-0.15, -0.1) is 0 Å². The van der Waals surface area contributed by atoms with E-state index in [9.17, 15) is 13.5 Å². The number of guanidine groups is 1. The van der Waals surface area contributed by atoms with Crippen molar-refractivity contribution in [1.29, 1.82) is 5.26 Å². The maximum absolute atomic E-state index is 13.1. The average Bonchev–Trinajstić information content (AvgIpc) is 2.74. The molecule has 0 amide bonds. The topological polar surface area (TPSA) is 118 Å². The van der Waals surface area contributed by atoms with Gasteiger partial charge in [-0.05, 0) is 24.3 Å². The molecule has 3 N–H and O–H groups in total. The molecule has 0 spiro atoms. The molecule has 2 aromatic carbocycles. The van der Waals surface area contributed by atoms with Gasteiger partial charge in [0.05, 0.1) is 26.4 Å². The second kappa shape index (κ2) is 10.2. The molecule has 0 unspecified atom stereocenters. The zero-order chi connectivity index (χ0) is 22.6. The first kappa shape index (κ1) is 23.8. The highest BCUT2D eigenvalue weighted by atomic mass is 35.5. The molecule has 1 fully saturated rings. The van der Waals surface area contributed by atoms with Crippen LogP contribution in [0, 0.1) is 11.5 Å². The number of sulfonamides is 1. The third kappa shape index (κ3) is 5.31. The van der Waals surface area contributed by atoms with E-state index in [1.807, 2.05) is 0 Å². The lowest BCUT2D eigenvalue weighted by molar-refractivity contribution is 0.429. The minimum absolute atomic E-state index is 0.0194. The first-order valence-electron chi connectivity index (χ1n) is 8.80. The lowest BCUT2D eigenvalue weighted by atomic mass is 10.3. The smallest absolute Gasteiger partial charge is 0.248 e. The lowest BCUT2D eigenvalue weighted by Gasteiger charge is -2.26. The quantitative estimate of drug-likeness (QED) is 0.181. The normalized spacial score (nSPS) is 15.4. The number of thioether (sulfide) groups is 1. The molecule has 164 valence electrons. The molecule has 13 heteroatoms. The standard InChI is InChI=1S/C18H16Cl3N5O3S2/c19-11-2-1-3-13(15(11)21)24-18(23-10-22)25-14-5-4-12(20)17(16(14)27)31(28,29)26-6-8-30-9-7-26/h1-5,27H,6-9H2,(H2,23,24,25).